The summed E-state index contributed by atoms with van der Waals surface area (Å²) in [6, 6.07) is 23.7. The van der Waals surface area contributed by atoms with Crippen LogP contribution < -0.4 is 4.90 Å². The summed E-state index contributed by atoms with van der Waals surface area (Å²) in [7, 11) is 0. The predicted molar refractivity (Wildman–Crippen MR) is 131 cm³/mol. The lowest BCUT2D eigenvalue weighted by atomic mass is 9.89. The van der Waals surface area contributed by atoms with Gasteiger partial charge in [-0.05, 0) is 67.0 Å². The molecule has 2 aliphatic heterocycles. The maximum absolute atomic E-state index is 13.7. The first kappa shape index (κ1) is 22.1. The van der Waals surface area contributed by atoms with Crippen molar-refractivity contribution in [1.82, 2.24) is 4.90 Å². The lowest BCUT2D eigenvalue weighted by Crippen LogP contribution is -2.39. The minimum absolute atomic E-state index is 0.305. The Hall–Kier alpha value is -3.73. The van der Waals surface area contributed by atoms with Gasteiger partial charge < -0.3 is 4.90 Å². The second kappa shape index (κ2) is 9.26. The van der Waals surface area contributed by atoms with E-state index in [1.807, 2.05) is 31.2 Å². The quantitative estimate of drug-likeness (QED) is 0.487. The number of halogens is 1. The molecule has 4 nitrogen and oxygen atoms in total. The van der Waals surface area contributed by atoms with Crippen molar-refractivity contribution >= 4 is 23.1 Å². The third-order valence-electron chi connectivity index (χ3n) is 6.85. The number of hydrogen-bond donors (Lipinski definition) is 0. The van der Waals surface area contributed by atoms with Crippen molar-refractivity contribution < 1.29 is 14.0 Å². The first-order valence-electron chi connectivity index (χ1n) is 11.8. The first-order valence-corrected chi connectivity index (χ1v) is 11.8. The van der Waals surface area contributed by atoms with Crippen molar-refractivity contribution in [1.29, 1.82) is 0 Å². The largest absolute Gasteiger partial charge is 0.366 e. The smallest absolute Gasteiger partial charge is 0.282 e. The molecule has 5 heteroatoms. The molecule has 0 unspecified atom stereocenters. The lowest BCUT2D eigenvalue weighted by molar-refractivity contribution is -0.120. The van der Waals surface area contributed by atoms with Crippen LogP contribution in [0.25, 0.3) is 5.57 Å². The Kier molecular flexibility index (Phi) is 6.01. The molecule has 2 aliphatic rings. The number of hydrogen-bond acceptors (Lipinski definition) is 3. The highest BCUT2D eigenvalue weighted by molar-refractivity contribution is 6.45. The molecule has 0 bridgehead atoms. The molecule has 172 valence electrons. The van der Waals surface area contributed by atoms with Crippen LogP contribution in [0.3, 0.4) is 0 Å². The lowest BCUT2D eigenvalue weighted by Gasteiger charge is -2.34. The summed E-state index contributed by atoms with van der Waals surface area (Å²) in [5.41, 5.74) is 4.12. The van der Waals surface area contributed by atoms with Gasteiger partial charge in [0, 0.05) is 13.1 Å². The van der Waals surface area contributed by atoms with Crippen molar-refractivity contribution in [2.75, 3.05) is 18.0 Å². The Morgan fingerprint density at radius 2 is 1.47 bits per heavy atom. The van der Waals surface area contributed by atoms with Crippen LogP contribution in [0.1, 0.15) is 29.5 Å². The van der Waals surface area contributed by atoms with Crippen LogP contribution >= 0.6 is 0 Å². The van der Waals surface area contributed by atoms with Crippen LogP contribution in [-0.4, -0.2) is 29.8 Å². The summed E-state index contributed by atoms with van der Waals surface area (Å²) < 4.78 is 13.6. The molecular weight excluding hydrogens is 427 g/mol. The molecule has 0 radical (unpaired) electrons. The zero-order chi connectivity index (χ0) is 23.7. The van der Waals surface area contributed by atoms with Crippen LogP contribution in [0, 0.1) is 18.7 Å². The molecule has 5 rings (SSSR count). The van der Waals surface area contributed by atoms with E-state index >= 15 is 0 Å². The standard InChI is InChI=1S/C29H27FN2O2/c1-20-7-5-6-10-25(20)32-28(33)26(23-11-13-24(30)14-12-23)27(29(32)34)31-17-15-22(16-18-31)19-21-8-3-2-4-9-21/h2-14,22H,15-19H2,1H3. The zero-order valence-electron chi connectivity index (χ0n) is 19.2. The Labute approximate surface area is 199 Å². The molecule has 2 amide bonds. The van der Waals surface area contributed by atoms with E-state index in [1.54, 1.807) is 18.2 Å². The van der Waals surface area contributed by atoms with Gasteiger partial charge in [-0.2, -0.15) is 0 Å². The Balaban J connectivity index is 1.46. The van der Waals surface area contributed by atoms with Gasteiger partial charge in [0.25, 0.3) is 11.8 Å². The highest BCUT2D eigenvalue weighted by Gasteiger charge is 2.43. The van der Waals surface area contributed by atoms with Crippen molar-refractivity contribution in [3.05, 3.63) is 107 Å². The summed E-state index contributed by atoms with van der Waals surface area (Å²) in [5, 5.41) is 0. The number of amides is 2. The van der Waals surface area contributed by atoms with E-state index in [0.717, 1.165) is 24.8 Å². The SMILES string of the molecule is Cc1ccccc1N1C(=O)C(c2ccc(F)cc2)=C(N2CCC(Cc3ccccc3)CC2)C1=O. The van der Waals surface area contributed by atoms with Gasteiger partial charge >= 0.3 is 0 Å². The number of piperidine rings is 1. The van der Waals surface area contributed by atoms with Crippen LogP contribution in [-0.2, 0) is 16.0 Å². The molecule has 3 aromatic rings. The van der Waals surface area contributed by atoms with E-state index in [1.165, 1.54) is 22.6 Å². The fourth-order valence-corrected chi connectivity index (χ4v) is 5.03. The summed E-state index contributed by atoms with van der Waals surface area (Å²) in [4.78, 5) is 30.7. The number of rotatable bonds is 5. The van der Waals surface area contributed by atoms with E-state index in [0.29, 0.717) is 41.5 Å². The fraction of sp³-hybridized carbons (Fsp3) is 0.241. The second-order valence-electron chi connectivity index (χ2n) is 9.08. The molecule has 3 aromatic carbocycles. The zero-order valence-corrected chi connectivity index (χ0v) is 19.2. The monoisotopic (exact) mass is 454 g/mol. The summed E-state index contributed by atoms with van der Waals surface area (Å²) in [6.07, 6.45) is 2.91. The van der Waals surface area contributed by atoms with Crippen molar-refractivity contribution in [3.8, 4) is 0 Å². The van der Waals surface area contributed by atoms with Gasteiger partial charge in [-0.25, -0.2) is 9.29 Å². The summed E-state index contributed by atoms with van der Waals surface area (Å²) in [6.45, 7) is 3.30. The Morgan fingerprint density at radius 3 is 2.15 bits per heavy atom. The third-order valence-corrected chi connectivity index (χ3v) is 6.85. The molecule has 1 fully saturated rings. The number of para-hydroxylation sites is 1. The topological polar surface area (TPSA) is 40.6 Å². The van der Waals surface area contributed by atoms with Gasteiger partial charge in [0.15, 0.2) is 0 Å². The number of carbonyl (C=O) groups excluding carboxylic acids is 2. The highest BCUT2D eigenvalue weighted by Crippen LogP contribution is 2.37. The van der Waals surface area contributed by atoms with Gasteiger partial charge in [-0.1, -0.05) is 60.7 Å². The number of aryl methyl sites for hydroxylation is 1. The van der Waals surface area contributed by atoms with Gasteiger partial charge in [0.2, 0.25) is 0 Å². The van der Waals surface area contributed by atoms with Gasteiger partial charge in [-0.15, -0.1) is 0 Å². The molecule has 0 spiro atoms. The number of likely N-dealkylation sites (tertiary alicyclic amines) is 1. The second-order valence-corrected chi connectivity index (χ2v) is 9.08. The number of anilines is 1. The maximum atomic E-state index is 13.7. The van der Waals surface area contributed by atoms with Crippen LogP contribution in [0.4, 0.5) is 10.1 Å². The van der Waals surface area contributed by atoms with Crippen molar-refractivity contribution in [2.24, 2.45) is 5.92 Å². The molecule has 0 N–H and O–H groups in total. The normalized spacial score (nSPS) is 17.1. The van der Waals surface area contributed by atoms with Crippen LogP contribution in [0.2, 0.25) is 0 Å². The minimum Gasteiger partial charge on any atom is -0.366 e. The molecular formula is C29H27FN2O2. The number of imide groups is 1. The van der Waals surface area contributed by atoms with Gasteiger partial charge in [-0.3, -0.25) is 9.59 Å². The molecule has 34 heavy (non-hydrogen) atoms. The average molecular weight is 455 g/mol. The van der Waals surface area contributed by atoms with Gasteiger partial charge in [0.1, 0.15) is 11.5 Å². The fourth-order valence-electron chi connectivity index (χ4n) is 5.03. The Bertz CT molecular complexity index is 1240. The predicted octanol–water partition coefficient (Wildman–Crippen LogP) is 5.37. The van der Waals surface area contributed by atoms with E-state index in [-0.39, 0.29) is 17.6 Å². The van der Waals surface area contributed by atoms with Gasteiger partial charge in [0.05, 0.1) is 11.3 Å². The molecule has 0 aliphatic carbocycles. The van der Waals surface area contributed by atoms with Crippen molar-refractivity contribution in [2.45, 2.75) is 26.2 Å². The maximum Gasteiger partial charge on any atom is 0.282 e. The highest BCUT2D eigenvalue weighted by atomic mass is 19.1. The number of benzene rings is 3. The molecule has 0 saturated carbocycles. The summed E-state index contributed by atoms with van der Waals surface area (Å²) in [5.74, 6) is -0.499. The minimum atomic E-state index is -0.375. The van der Waals surface area contributed by atoms with E-state index < -0.39 is 0 Å². The third kappa shape index (κ3) is 4.14. The first-order chi connectivity index (χ1) is 16.5. The summed E-state index contributed by atoms with van der Waals surface area (Å²) >= 11 is 0. The van der Waals surface area contributed by atoms with E-state index in [4.69, 9.17) is 0 Å². The van der Waals surface area contributed by atoms with Crippen LogP contribution in [0.5, 0.6) is 0 Å². The molecule has 0 atom stereocenters. The molecule has 1 saturated heterocycles. The number of carbonyl (C=O) groups is 2. The van der Waals surface area contributed by atoms with Crippen molar-refractivity contribution in [3.63, 3.8) is 0 Å². The van der Waals surface area contributed by atoms with E-state index in [9.17, 15) is 14.0 Å². The number of nitrogens with zero attached hydrogens (tertiary/aromatic N) is 2. The molecule has 0 aromatic heterocycles. The van der Waals surface area contributed by atoms with E-state index in [2.05, 4.69) is 29.2 Å². The Morgan fingerprint density at radius 1 is 0.824 bits per heavy atom. The molecule has 2 heterocycles. The average Bonchev–Trinajstić information content (AvgIpc) is 3.11. The van der Waals surface area contributed by atoms with Crippen LogP contribution in [0.15, 0.2) is 84.6 Å².